The van der Waals surface area contributed by atoms with Crippen molar-refractivity contribution in [3.8, 4) is 0 Å². The van der Waals surface area contributed by atoms with Crippen molar-refractivity contribution in [2.24, 2.45) is 5.73 Å². The molecule has 1 amide bonds. The molecule has 0 heterocycles. The highest BCUT2D eigenvalue weighted by Gasteiger charge is 2.09. The molecule has 0 saturated heterocycles. The van der Waals surface area contributed by atoms with Crippen molar-refractivity contribution in [1.29, 1.82) is 0 Å². The number of carbonyl (C=O) groups is 1. The summed E-state index contributed by atoms with van der Waals surface area (Å²) in [5.74, 6) is -0.178. The molecule has 2 rings (SSSR count). The molecule has 0 aliphatic rings. The van der Waals surface area contributed by atoms with Crippen LogP contribution in [0.1, 0.15) is 21.5 Å². The lowest BCUT2D eigenvalue weighted by molar-refractivity contribution is 0.102. The largest absolute Gasteiger partial charge is 0.393 e. The second kappa shape index (κ2) is 6.70. The maximum absolute atomic E-state index is 12.2. The first-order valence-electron chi connectivity index (χ1n) is 6.41. The van der Waals surface area contributed by atoms with Crippen LogP contribution >= 0.6 is 23.8 Å². The summed E-state index contributed by atoms with van der Waals surface area (Å²) in [5, 5.41) is 3.48. The third-order valence-electron chi connectivity index (χ3n) is 3.11. The number of rotatable bonds is 4. The van der Waals surface area contributed by atoms with Gasteiger partial charge in [0.05, 0.1) is 4.99 Å². The van der Waals surface area contributed by atoms with Crippen molar-refractivity contribution >= 4 is 40.4 Å². The minimum atomic E-state index is -0.178. The van der Waals surface area contributed by atoms with Gasteiger partial charge in [0.1, 0.15) is 0 Å². The Kier molecular flexibility index (Phi) is 4.94. The molecule has 0 saturated carbocycles. The molecule has 0 fully saturated rings. The molecule has 0 aliphatic carbocycles. The Balaban J connectivity index is 2.13. The second-order valence-corrected chi connectivity index (χ2v) is 5.64. The number of hydrogen-bond donors (Lipinski definition) is 2. The van der Waals surface area contributed by atoms with E-state index < -0.39 is 0 Å². The summed E-state index contributed by atoms with van der Waals surface area (Å²) in [5.41, 5.74) is 8.60. The molecule has 0 aromatic heterocycles. The zero-order chi connectivity index (χ0) is 15.4. The molecule has 0 unspecified atom stereocenters. The lowest BCUT2D eigenvalue weighted by Gasteiger charge is -2.10. The molecular weight excluding hydrogens is 304 g/mol. The van der Waals surface area contributed by atoms with Gasteiger partial charge in [-0.2, -0.15) is 0 Å². The standard InChI is InChI=1S/C16H15ClN2OS/c1-10-13(17)3-2-4-14(10)19-16(20)12-7-5-11(6-8-12)9-15(18)21/h2-8H,9H2,1H3,(H2,18,21)(H,19,20). The van der Waals surface area contributed by atoms with Crippen LogP contribution < -0.4 is 11.1 Å². The zero-order valence-electron chi connectivity index (χ0n) is 11.5. The molecule has 21 heavy (non-hydrogen) atoms. The van der Waals surface area contributed by atoms with Gasteiger partial charge in [0.15, 0.2) is 0 Å². The van der Waals surface area contributed by atoms with Crippen molar-refractivity contribution in [1.82, 2.24) is 0 Å². The Morgan fingerprint density at radius 2 is 1.90 bits per heavy atom. The van der Waals surface area contributed by atoms with E-state index in [1.54, 1.807) is 24.3 Å². The highest BCUT2D eigenvalue weighted by Crippen LogP contribution is 2.23. The van der Waals surface area contributed by atoms with Crippen LogP contribution in [0.25, 0.3) is 0 Å². The van der Waals surface area contributed by atoms with Gasteiger partial charge in [0.25, 0.3) is 5.91 Å². The number of thiocarbonyl (C=S) groups is 1. The van der Waals surface area contributed by atoms with Crippen molar-refractivity contribution in [2.45, 2.75) is 13.3 Å². The third kappa shape index (κ3) is 4.03. The van der Waals surface area contributed by atoms with Gasteiger partial charge in [-0.15, -0.1) is 0 Å². The minimum absolute atomic E-state index is 0.178. The average Bonchev–Trinajstić information content (AvgIpc) is 2.44. The van der Waals surface area contributed by atoms with E-state index in [2.05, 4.69) is 5.32 Å². The Bertz CT molecular complexity index is 683. The number of benzene rings is 2. The fraction of sp³-hybridized carbons (Fsp3) is 0.125. The average molecular weight is 319 g/mol. The van der Waals surface area contributed by atoms with Crippen LogP contribution in [0.5, 0.6) is 0 Å². The molecule has 3 N–H and O–H groups in total. The summed E-state index contributed by atoms with van der Waals surface area (Å²) < 4.78 is 0. The summed E-state index contributed by atoms with van der Waals surface area (Å²) in [7, 11) is 0. The quantitative estimate of drug-likeness (QED) is 0.845. The molecule has 0 aliphatic heterocycles. The predicted octanol–water partition coefficient (Wildman–Crippen LogP) is 3.73. The van der Waals surface area contributed by atoms with Crippen molar-refractivity contribution < 1.29 is 4.79 Å². The lowest BCUT2D eigenvalue weighted by Crippen LogP contribution is -2.14. The van der Waals surface area contributed by atoms with E-state index in [1.807, 2.05) is 25.1 Å². The van der Waals surface area contributed by atoms with E-state index in [-0.39, 0.29) is 5.91 Å². The van der Waals surface area contributed by atoms with E-state index in [1.165, 1.54) is 0 Å². The van der Waals surface area contributed by atoms with Gasteiger partial charge in [0, 0.05) is 22.7 Å². The normalized spacial score (nSPS) is 10.2. The summed E-state index contributed by atoms with van der Waals surface area (Å²) in [6, 6.07) is 12.6. The Hall–Kier alpha value is -1.91. The summed E-state index contributed by atoms with van der Waals surface area (Å²) in [6.45, 7) is 1.86. The van der Waals surface area contributed by atoms with Crippen molar-refractivity contribution in [3.63, 3.8) is 0 Å². The highest BCUT2D eigenvalue weighted by atomic mass is 35.5. The van der Waals surface area contributed by atoms with E-state index in [0.29, 0.717) is 27.7 Å². The van der Waals surface area contributed by atoms with E-state index >= 15 is 0 Å². The van der Waals surface area contributed by atoms with E-state index in [0.717, 1.165) is 11.1 Å². The molecule has 2 aromatic rings. The molecule has 3 nitrogen and oxygen atoms in total. The van der Waals surface area contributed by atoms with Crippen LogP contribution in [-0.4, -0.2) is 10.9 Å². The van der Waals surface area contributed by atoms with Gasteiger partial charge in [-0.25, -0.2) is 0 Å². The van der Waals surface area contributed by atoms with Gasteiger partial charge in [-0.1, -0.05) is 42.0 Å². The van der Waals surface area contributed by atoms with Crippen LogP contribution in [0.3, 0.4) is 0 Å². The first kappa shape index (κ1) is 15.5. The first-order chi connectivity index (χ1) is 9.97. The van der Waals surface area contributed by atoms with Crippen molar-refractivity contribution in [3.05, 3.63) is 64.2 Å². The fourth-order valence-electron chi connectivity index (χ4n) is 1.91. The molecule has 0 bridgehead atoms. The maximum atomic E-state index is 12.2. The number of nitrogens with two attached hydrogens (primary N) is 1. The number of anilines is 1. The Morgan fingerprint density at radius 1 is 1.24 bits per heavy atom. The lowest BCUT2D eigenvalue weighted by atomic mass is 10.1. The molecule has 0 spiro atoms. The predicted molar refractivity (Wildman–Crippen MR) is 91.1 cm³/mol. The smallest absolute Gasteiger partial charge is 0.255 e. The third-order valence-corrected chi connectivity index (χ3v) is 3.66. The number of halogens is 1. The summed E-state index contributed by atoms with van der Waals surface area (Å²) in [6.07, 6.45) is 0.532. The maximum Gasteiger partial charge on any atom is 0.255 e. The molecule has 108 valence electrons. The minimum Gasteiger partial charge on any atom is -0.393 e. The Labute approximate surface area is 134 Å². The van der Waals surface area contributed by atoms with E-state index in [9.17, 15) is 4.79 Å². The number of amides is 1. The zero-order valence-corrected chi connectivity index (χ0v) is 13.1. The molecular formula is C16H15ClN2OS. The number of hydrogen-bond acceptors (Lipinski definition) is 2. The SMILES string of the molecule is Cc1c(Cl)cccc1NC(=O)c1ccc(CC(N)=S)cc1. The molecule has 2 aromatic carbocycles. The van der Waals surface area contributed by atoms with E-state index in [4.69, 9.17) is 29.6 Å². The van der Waals surface area contributed by atoms with Gasteiger partial charge >= 0.3 is 0 Å². The van der Waals surface area contributed by atoms with Gasteiger partial charge < -0.3 is 11.1 Å². The molecule has 0 atom stereocenters. The highest BCUT2D eigenvalue weighted by molar-refractivity contribution is 7.80. The van der Waals surface area contributed by atoms with Crippen LogP contribution in [0.4, 0.5) is 5.69 Å². The van der Waals surface area contributed by atoms with Gasteiger partial charge in [0.2, 0.25) is 0 Å². The first-order valence-corrected chi connectivity index (χ1v) is 7.19. The molecule has 5 heteroatoms. The molecule has 0 radical (unpaired) electrons. The monoisotopic (exact) mass is 318 g/mol. The topological polar surface area (TPSA) is 55.1 Å². The summed E-state index contributed by atoms with van der Waals surface area (Å²) >= 11 is 10.9. The van der Waals surface area contributed by atoms with Crippen LogP contribution in [-0.2, 0) is 6.42 Å². The van der Waals surface area contributed by atoms with Crippen LogP contribution in [0.15, 0.2) is 42.5 Å². The number of carbonyl (C=O) groups excluding carboxylic acids is 1. The number of nitrogens with one attached hydrogen (secondary N) is 1. The van der Waals surface area contributed by atoms with Crippen molar-refractivity contribution in [2.75, 3.05) is 5.32 Å². The second-order valence-electron chi connectivity index (χ2n) is 4.71. The summed E-state index contributed by atoms with van der Waals surface area (Å²) in [4.78, 5) is 12.6. The van der Waals surface area contributed by atoms with Crippen LogP contribution in [0.2, 0.25) is 5.02 Å². The Morgan fingerprint density at radius 3 is 2.52 bits per heavy atom. The van der Waals surface area contributed by atoms with Crippen LogP contribution in [0, 0.1) is 6.92 Å². The fourth-order valence-corrected chi connectivity index (χ4v) is 2.25. The van der Waals surface area contributed by atoms with Gasteiger partial charge in [-0.3, -0.25) is 4.79 Å². The van der Waals surface area contributed by atoms with Gasteiger partial charge in [-0.05, 0) is 42.3 Å².